The summed E-state index contributed by atoms with van der Waals surface area (Å²) in [7, 11) is 1.65. The van der Waals surface area contributed by atoms with Gasteiger partial charge in [0.15, 0.2) is 0 Å². The van der Waals surface area contributed by atoms with E-state index in [4.69, 9.17) is 4.42 Å². The van der Waals surface area contributed by atoms with Gasteiger partial charge >= 0.3 is 6.01 Å². The number of aryl methyl sites for hydroxylation is 1. The number of anilines is 1. The van der Waals surface area contributed by atoms with Gasteiger partial charge in [0.1, 0.15) is 0 Å². The quantitative estimate of drug-likeness (QED) is 0.282. The van der Waals surface area contributed by atoms with E-state index >= 15 is 0 Å². The zero-order chi connectivity index (χ0) is 21.0. The van der Waals surface area contributed by atoms with Crippen LogP contribution < -0.4 is 5.32 Å². The molecule has 0 aliphatic heterocycles. The van der Waals surface area contributed by atoms with Crippen molar-refractivity contribution in [2.45, 2.75) is 40.2 Å². The van der Waals surface area contributed by atoms with Crippen LogP contribution in [0.25, 0.3) is 22.4 Å². The van der Waals surface area contributed by atoms with Crippen LogP contribution in [0.1, 0.15) is 38.8 Å². The predicted molar refractivity (Wildman–Crippen MR) is 131 cm³/mol. The summed E-state index contributed by atoms with van der Waals surface area (Å²) in [6, 6.07) is 16.8. The van der Waals surface area contributed by atoms with Crippen LogP contribution in [-0.2, 0) is 5.54 Å². The van der Waals surface area contributed by atoms with E-state index in [-0.39, 0.29) is 5.54 Å². The number of nitrogens with one attached hydrogen (secondary N) is 1. The van der Waals surface area contributed by atoms with Crippen LogP contribution in [0.5, 0.6) is 0 Å². The highest BCUT2D eigenvalue weighted by Gasteiger charge is 2.23. The first-order valence-corrected chi connectivity index (χ1v) is 12.9. The molecule has 0 saturated carbocycles. The summed E-state index contributed by atoms with van der Waals surface area (Å²) in [6.45, 7) is 10.3. The minimum atomic E-state index is -0.319. The fourth-order valence-electron chi connectivity index (χ4n) is 3.13. The first kappa shape index (κ1) is 21.7. The molecular formula is C22H25IN4OS. The van der Waals surface area contributed by atoms with E-state index in [0.717, 1.165) is 11.1 Å². The van der Waals surface area contributed by atoms with Crippen LogP contribution in [0.2, 0.25) is 0 Å². The van der Waals surface area contributed by atoms with Crippen LogP contribution in [0.3, 0.4) is 0 Å². The predicted octanol–water partition coefficient (Wildman–Crippen LogP) is 7.22. The molecule has 1 N–H and O–H groups in total. The third-order valence-electron chi connectivity index (χ3n) is 4.63. The lowest BCUT2D eigenvalue weighted by atomic mass is 9.95. The van der Waals surface area contributed by atoms with Crippen molar-refractivity contribution in [3.8, 4) is 11.5 Å². The molecule has 2 aromatic heterocycles. The monoisotopic (exact) mass is 520 g/mol. The lowest BCUT2D eigenvalue weighted by Gasteiger charge is -2.25. The zero-order valence-electron chi connectivity index (χ0n) is 17.2. The summed E-state index contributed by atoms with van der Waals surface area (Å²) in [5.74, 6) is 0.512. The number of benzene rings is 2. The summed E-state index contributed by atoms with van der Waals surface area (Å²) in [6.07, 6.45) is 2.13. The van der Waals surface area contributed by atoms with E-state index in [1.807, 2.05) is 38.1 Å². The summed E-state index contributed by atoms with van der Waals surface area (Å²) < 4.78 is 8.05. The van der Waals surface area contributed by atoms with Crippen molar-refractivity contribution in [1.82, 2.24) is 14.2 Å². The van der Waals surface area contributed by atoms with Gasteiger partial charge in [0, 0.05) is 47.5 Å². The molecule has 4 rings (SSSR count). The van der Waals surface area contributed by atoms with Gasteiger partial charge in [-0.05, 0) is 50.1 Å². The molecule has 0 aliphatic carbocycles. The van der Waals surface area contributed by atoms with Gasteiger partial charge in [0.2, 0.25) is 5.89 Å². The van der Waals surface area contributed by atoms with E-state index in [9.17, 15) is 0 Å². The molecule has 2 aromatic carbocycles. The van der Waals surface area contributed by atoms with Crippen molar-refractivity contribution in [2.75, 3.05) is 5.32 Å². The summed E-state index contributed by atoms with van der Waals surface area (Å²) in [4.78, 5) is 0. The normalized spacial score (nSPS) is 11.2. The molecule has 2 heterocycles. The molecule has 0 bridgehead atoms. The maximum atomic E-state index is 5.90. The molecule has 29 heavy (non-hydrogen) atoms. The Hall–Kier alpha value is -2.00. The van der Waals surface area contributed by atoms with Crippen LogP contribution in [0, 0.1) is 6.92 Å². The van der Waals surface area contributed by atoms with Crippen molar-refractivity contribution in [3.63, 3.8) is 0 Å². The molecule has 0 amide bonds. The summed E-state index contributed by atoms with van der Waals surface area (Å²) in [5.41, 5.74) is 4.15. The molecule has 0 atom stereocenters. The van der Waals surface area contributed by atoms with Crippen LogP contribution >= 0.6 is 30.3 Å². The average molecular weight is 520 g/mol. The number of aromatic nitrogens is 3. The molecular weight excluding hydrogens is 495 g/mol. The molecule has 7 heteroatoms. The Kier molecular flexibility index (Phi) is 6.89. The van der Waals surface area contributed by atoms with Crippen LogP contribution in [0.4, 0.5) is 6.01 Å². The van der Waals surface area contributed by atoms with Gasteiger partial charge < -0.3 is 9.73 Å². The number of hydrogen-bond donors (Lipinski definition) is 1. The summed E-state index contributed by atoms with van der Waals surface area (Å²) in [5, 5.41) is 13.0. The minimum absolute atomic E-state index is 0.319. The maximum Gasteiger partial charge on any atom is 0.316 e. The Morgan fingerprint density at radius 2 is 1.79 bits per heavy atom. The Labute approximate surface area is 188 Å². The second-order valence-electron chi connectivity index (χ2n) is 6.97. The van der Waals surface area contributed by atoms with Gasteiger partial charge in [0.25, 0.3) is 0 Å². The highest BCUT2D eigenvalue weighted by Crippen LogP contribution is 2.32. The second-order valence-corrected chi connectivity index (χ2v) is 8.68. The van der Waals surface area contributed by atoms with Crippen molar-refractivity contribution in [1.29, 1.82) is 0 Å². The fraction of sp³-hybridized carbons (Fsp3) is 0.273. The standard InChI is InChI=1S/C20H19IN4OS.C2H6/c1-13-12-25(27-21)17-10-9-14(11-16(13)17)18-23-24-19(26-18)22-20(2,3)15-7-5-4-6-8-15;1-2/h4-12H,1-3H3,(H,22,24);1-2H3. The summed E-state index contributed by atoms with van der Waals surface area (Å²) >= 11 is 2.29. The topological polar surface area (TPSA) is 55.9 Å². The largest absolute Gasteiger partial charge is 0.403 e. The van der Waals surface area contributed by atoms with E-state index in [1.165, 1.54) is 16.5 Å². The maximum absolute atomic E-state index is 5.90. The van der Waals surface area contributed by atoms with Gasteiger partial charge in [0.05, 0.1) is 11.1 Å². The molecule has 0 unspecified atom stereocenters. The Balaban J connectivity index is 0.00000117. The van der Waals surface area contributed by atoms with Gasteiger partial charge in [-0.2, -0.15) is 0 Å². The van der Waals surface area contributed by atoms with Crippen LogP contribution in [0.15, 0.2) is 59.1 Å². The molecule has 0 aliphatic rings. The SMILES string of the molecule is CC.Cc1cn(SI)c2ccc(-c3nnc(NC(C)(C)c4ccccc4)o3)cc12. The van der Waals surface area contributed by atoms with Gasteiger partial charge in [-0.3, -0.25) is 3.97 Å². The van der Waals surface area contributed by atoms with E-state index in [0.29, 0.717) is 11.9 Å². The fourth-order valence-corrected chi connectivity index (χ4v) is 4.54. The smallest absolute Gasteiger partial charge is 0.316 e. The van der Waals surface area contributed by atoms with E-state index in [2.05, 4.69) is 91.9 Å². The van der Waals surface area contributed by atoms with Crippen molar-refractivity contribution in [3.05, 3.63) is 65.9 Å². The van der Waals surface area contributed by atoms with Gasteiger partial charge in [-0.25, -0.2) is 0 Å². The van der Waals surface area contributed by atoms with E-state index in [1.54, 1.807) is 9.12 Å². The Morgan fingerprint density at radius 1 is 1.07 bits per heavy atom. The first-order valence-electron chi connectivity index (χ1n) is 9.56. The highest BCUT2D eigenvalue weighted by atomic mass is 127. The Morgan fingerprint density at radius 3 is 2.48 bits per heavy atom. The number of nitrogens with zero attached hydrogens (tertiary/aromatic N) is 3. The van der Waals surface area contributed by atoms with Crippen molar-refractivity contribution >= 4 is 47.2 Å². The highest BCUT2D eigenvalue weighted by molar-refractivity contribution is 14.2. The lowest BCUT2D eigenvalue weighted by molar-refractivity contribution is 0.527. The van der Waals surface area contributed by atoms with E-state index < -0.39 is 0 Å². The van der Waals surface area contributed by atoms with Crippen molar-refractivity contribution < 1.29 is 4.42 Å². The molecule has 152 valence electrons. The molecule has 5 nitrogen and oxygen atoms in total. The van der Waals surface area contributed by atoms with Crippen LogP contribution in [-0.4, -0.2) is 14.2 Å². The Bertz CT molecular complexity index is 1090. The first-order chi connectivity index (χ1) is 14.0. The number of rotatable bonds is 5. The third-order valence-corrected chi connectivity index (χ3v) is 6.35. The zero-order valence-corrected chi connectivity index (χ0v) is 20.2. The average Bonchev–Trinajstić information content (AvgIpc) is 3.34. The van der Waals surface area contributed by atoms with Crippen molar-refractivity contribution in [2.24, 2.45) is 0 Å². The molecule has 0 saturated heterocycles. The lowest BCUT2D eigenvalue weighted by Crippen LogP contribution is -2.27. The third kappa shape index (κ3) is 4.61. The van der Waals surface area contributed by atoms with Gasteiger partial charge in [-0.1, -0.05) is 49.3 Å². The van der Waals surface area contributed by atoms with Gasteiger partial charge in [-0.15, -0.1) is 5.10 Å². The minimum Gasteiger partial charge on any atom is -0.403 e. The molecule has 0 fully saturated rings. The molecule has 0 spiro atoms. The molecule has 0 radical (unpaired) electrons. The second kappa shape index (κ2) is 9.21. The number of fused-ring (bicyclic) bond motifs is 1. The molecule has 4 aromatic rings. The number of halogens is 1. The number of hydrogen-bond acceptors (Lipinski definition) is 5.